The van der Waals surface area contributed by atoms with Crippen molar-refractivity contribution in [1.82, 2.24) is 15.8 Å². The number of amides is 3. The predicted octanol–water partition coefficient (Wildman–Crippen LogP) is -0.814. The van der Waals surface area contributed by atoms with Crippen molar-refractivity contribution < 1.29 is 9.59 Å². The van der Waals surface area contributed by atoms with Gasteiger partial charge in [-0.25, -0.2) is 9.80 Å². The van der Waals surface area contributed by atoms with Gasteiger partial charge in [-0.05, 0) is 6.08 Å². The summed E-state index contributed by atoms with van der Waals surface area (Å²) >= 11 is 0. The van der Waals surface area contributed by atoms with Gasteiger partial charge in [-0.15, -0.1) is 0 Å². The molecule has 0 radical (unpaired) electrons. The van der Waals surface area contributed by atoms with Gasteiger partial charge in [-0.1, -0.05) is 0 Å². The molecular formula is C5H7N3O2. The Morgan fingerprint density at radius 1 is 1.80 bits per heavy atom. The van der Waals surface area contributed by atoms with Crippen molar-refractivity contribution in [2.24, 2.45) is 0 Å². The number of hydrazine groups is 1. The van der Waals surface area contributed by atoms with Gasteiger partial charge < -0.3 is 5.32 Å². The summed E-state index contributed by atoms with van der Waals surface area (Å²) in [6.45, 7) is 0.407. The molecule has 5 heteroatoms. The highest BCUT2D eigenvalue weighted by molar-refractivity contribution is 5.77. The zero-order chi connectivity index (χ0) is 7.40. The SMILES string of the molecule is O=CNN1CC=CNC1=O. The van der Waals surface area contributed by atoms with Gasteiger partial charge in [0.25, 0.3) is 0 Å². The van der Waals surface area contributed by atoms with Gasteiger partial charge in [-0.3, -0.25) is 10.2 Å². The van der Waals surface area contributed by atoms with Crippen LogP contribution in [-0.4, -0.2) is 24.0 Å². The zero-order valence-electron chi connectivity index (χ0n) is 5.20. The van der Waals surface area contributed by atoms with Crippen LogP contribution in [0.3, 0.4) is 0 Å². The van der Waals surface area contributed by atoms with Crippen molar-refractivity contribution in [2.45, 2.75) is 0 Å². The highest BCUT2D eigenvalue weighted by Crippen LogP contribution is 1.89. The summed E-state index contributed by atoms with van der Waals surface area (Å²) in [7, 11) is 0. The van der Waals surface area contributed by atoms with E-state index in [1.165, 1.54) is 6.20 Å². The van der Waals surface area contributed by atoms with Crippen molar-refractivity contribution in [2.75, 3.05) is 6.54 Å². The van der Waals surface area contributed by atoms with E-state index in [0.717, 1.165) is 5.01 Å². The Bertz CT molecular complexity index is 178. The minimum Gasteiger partial charge on any atom is -0.313 e. The maximum absolute atomic E-state index is 10.7. The van der Waals surface area contributed by atoms with Crippen LogP contribution in [0.2, 0.25) is 0 Å². The average Bonchev–Trinajstić information content (AvgIpc) is 1.94. The number of carbonyl (C=O) groups is 2. The highest BCUT2D eigenvalue weighted by Gasteiger charge is 2.11. The second-order valence-corrected chi connectivity index (χ2v) is 1.71. The number of urea groups is 1. The lowest BCUT2D eigenvalue weighted by Crippen LogP contribution is -2.48. The highest BCUT2D eigenvalue weighted by atomic mass is 16.2. The number of hydrogen-bond acceptors (Lipinski definition) is 2. The van der Waals surface area contributed by atoms with Gasteiger partial charge in [0.2, 0.25) is 6.41 Å². The van der Waals surface area contributed by atoms with Crippen LogP contribution in [0.15, 0.2) is 12.3 Å². The maximum Gasteiger partial charge on any atom is 0.340 e. The van der Waals surface area contributed by atoms with E-state index >= 15 is 0 Å². The molecule has 1 rings (SSSR count). The first-order chi connectivity index (χ1) is 4.84. The average molecular weight is 141 g/mol. The third-order valence-electron chi connectivity index (χ3n) is 1.07. The molecule has 0 aromatic carbocycles. The summed E-state index contributed by atoms with van der Waals surface area (Å²) in [6.07, 6.45) is 3.71. The van der Waals surface area contributed by atoms with Gasteiger partial charge in [-0.2, -0.15) is 0 Å². The summed E-state index contributed by atoms with van der Waals surface area (Å²) < 4.78 is 0. The normalized spacial score (nSPS) is 16.4. The summed E-state index contributed by atoms with van der Waals surface area (Å²) in [4.78, 5) is 20.6. The van der Waals surface area contributed by atoms with Gasteiger partial charge >= 0.3 is 6.03 Å². The molecule has 1 heterocycles. The van der Waals surface area contributed by atoms with Crippen LogP contribution in [0, 0.1) is 0 Å². The van der Waals surface area contributed by atoms with Gasteiger partial charge in [0.05, 0.1) is 6.54 Å². The van der Waals surface area contributed by atoms with Crippen molar-refractivity contribution in [1.29, 1.82) is 0 Å². The van der Waals surface area contributed by atoms with Gasteiger partial charge in [0.1, 0.15) is 0 Å². The second kappa shape index (κ2) is 2.86. The molecule has 2 N–H and O–H groups in total. The fourth-order valence-electron chi connectivity index (χ4n) is 0.624. The van der Waals surface area contributed by atoms with Crippen LogP contribution in [0.25, 0.3) is 0 Å². The minimum atomic E-state index is -0.324. The molecule has 0 fully saturated rings. The quantitative estimate of drug-likeness (QED) is 0.494. The summed E-state index contributed by atoms with van der Waals surface area (Å²) in [5, 5.41) is 3.56. The fraction of sp³-hybridized carbons (Fsp3) is 0.200. The molecule has 0 aromatic rings. The molecule has 0 saturated heterocycles. The minimum absolute atomic E-state index is 0.324. The van der Waals surface area contributed by atoms with Crippen LogP contribution in [0.4, 0.5) is 4.79 Å². The molecule has 0 unspecified atom stereocenters. The lowest BCUT2D eigenvalue weighted by atomic mass is 10.5. The van der Waals surface area contributed by atoms with Crippen molar-refractivity contribution >= 4 is 12.4 Å². The van der Waals surface area contributed by atoms with Crippen LogP contribution >= 0.6 is 0 Å². The van der Waals surface area contributed by atoms with Crippen LogP contribution in [0.1, 0.15) is 0 Å². The number of hydrogen-bond donors (Lipinski definition) is 2. The van der Waals surface area contributed by atoms with Crippen molar-refractivity contribution in [3.63, 3.8) is 0 Å². The topological polar surface area (TPSA) is 61.4 Å². The van der Waals surface area contributed by atoms with E-state index in [0.29, 0.717) is 13.0 Å². The predicted molar refractivity (Wildman–Crippen MR) is 33.6 cm³/mol. The van der Waals surface area contributed by atoms with Crippen molar-refractivity contribution in [3.8, 4) is 0 Å². The zero-order valence-corrected chi connectivity index (χ0v) is 5.20. The van der Waals surface area contributed by atoms with Crippen LogP contribution in [0.5, 0.6) is 0 Å². The summed E-state index contributed by atoms with van der Waals surface area (Å²) in [5.74, 6) is 0. The molecule has 3 amide bonds. The molecular weight excluding hydrogens is 134 g/mol. The summed E-state index contributed by atoms with van der Waals surface area (Å²) in [5.41, 5.74) is 2.22. The molecule has 0 atom stereocenters. The number of rotatable bonds is 2. The molecule has 5 nitrogen and oxygen atoms in total. The van der Waals surface area contributed by atoms with E-state index < -0.39 is 0 Å². The smallest absolute Gasteiger partial charge is 0.313 e. The molecule has 1 aliphatic rings. The van der Waals surface area contributed by atoms with E-state index in [9.17, 15) is 9.59 Å². The Morgan fingerprint density at radius 2 is 2.60 bits per heavy atom. The summed E-state index contributed by atoms with van der Waals surface area (Å²) in [6, 6.07) is -0.324. The van der Waals surface area contributed by atoms with Crippen molar-refractivity contribution in [3.05, 3.63) is 12.3 Å². The van der Waals surface area contributed by atoms with E-state index in [-0.39, 0.29) is 6.03 Å². The van der Waals surface area contributed by atoms with E-state index in [2.05, 4.69) is 10.7 Å². The molecule has 0 aliphatic carbocycles. The Balaban J connectivity index is 2.50. The Morgan fingerprint density at radius 3 is 3.20 bits per heavy atom. The fourth-order valence-corrected chi connectivity index (χ4v) is 0.624. The third kappa shape index (κ3) is 1.25. The largest absolute Gasteiger partial charge is 0.340 e. The first kappa shape index (κ1) is 6.60. The molecule has 0 bridgehead atoms. The molecule has 1 aliphatic heterocycles. The number of nitrogens with one attached hydrogen (secondary N) is 2. The third-order valence-corrected chi connectivity index (χ3v) is 1.07. The number of nitrogens with zero attached hydrogens (tertiary/aromatic N) is 1. The van der Waals surface area contributed by atoms with E-state index in [1.54, 1.807) is 6.08 Å². The lowest BCUT2D eigenvalue weighted by molar-refractivity contribution is -0.112. The Kier molecular flexibility index (Phi) is 1.89. The van der Waals surface area contributed by atoms with E-state index in [4.69, 9.17) is 0 Å². The monoisotopic (exact) mass is 141 g/mol. The van der Waals surface area contributed by atoms with Crippen LogP contribution < -0.4 is 10.7 Å². The standard InChI is InChI=1S/C5H7N3O2/c9-4-7-8-3-1-2-6-5(8)10/h1-2,4H,3H2,(H,6,10)(H,7,9). The number of carbonyl (C=O) groups excluding carboxylic acids is 2. The maximum atomic E-state index is 10.7. The van der Waals surface area contributed by atoms with Gasteiger partial charge in [0.15, 0.2) is 0 Å². The molecule has 0 aromatic heterocycles. The first-order valence-corrected chi connectivity index (χ1v) is 2.77. The second-order valence-electron chi connectivity index (χ2n) is 1.71. The lowest BCUT2D eigenvalue weighted by Gasteiger charge is -2.21. The Hall–Kier alpha value is -1.52. The van der Waals surface area contributed by atoms with Gasteiger partial charge in [0, 0.05) is 6.20 Å². The first-order valence-electron chi connectivity index (χ1n) is 2.77. The molecule has 0 saturated carbocycles. The molecule has 54 valence electrons. The van der Waals surface area contributed by atoms with Crippen LogP contribution in [-0.2, 0) is 4.79 Å². The molecule has 10 heavy (non-hydrogen) atoms. The van der Waals surface area contributed by atoms with E-state index in [1.807, 2.05) is 0 Å². The molecule has 0 spiro atoms. The Labute approximate surface area is 57.7 Å².